The van der Waals surface area contributed by atoms with Crippen LogP contribution in [0.5, 0.6) is 5.75 Å². The Labute approximate surface area is 192 Å². The van der Waals surface area contributed by atoms with Crippen molar-refractivity contribution in [3.8, 4) is 16.9 Å². The first-order valence-corrected chi connectivity index (χ1v) is 11.2. The molecule has 1 N–H and O–H groups in total. The van der Waals surface area contributed by atoms with E-state index in [2.05, 4.69) is 22.1 Å². The second-order valence-electron chi connectivity index (χ2n) is 9.85. The van der Waals surface area contributed by atoms with Crippen molar-refractivity contribution in [1.29, 1.82) is 0 Å². The highest BCUT2D eigenvalue weighted by Crippen LogP contribution is 2.43. The fourth-order valence-electron chi connectivity index (χ4n) is 4.91. The predicted molar refractivity (Wildman–Crippen MR) is 125 cm³/mol. The number of likely N-dealkylation sites (tertiary alicyclic amines) is 1. The lowest BCUT2D eigenvalue weighted by molar-refractivity contribution is 0.0285. The minimum Gasteiger partial charge on any atom is -0.496 e. The van der Waals surface area contributed by atoms with Crippen molar-refractivity contribution in [1.82, 2.24) is 14.9 Å². The van der Waals surface area contributed by atoms with Gasteiger partial charge in [0.2, 0.25) is 0 Å². The number of aromatic amines is 1. The van der Waals surface area contributed by atoms with Crippen LogP contribution in [0.2, 0.25) is 0 Å². The van der Waals surface area contributed by atoms with Crippen LogP contribution in [0.3, 0.4) is 0 Å². The Morgan fingerprint density at radius 1 is 1.18 bits per heavy atom. The number of hydrogen-bond donors (Lipinski definition) is 1. The van der Waals surface area contributed by atoms with E-state index in [0.717, 1.165) is 28.7 Å². The van der Waals surface area contributed by atoms with E-state index in [1.807, 2.05) is 31.7 Å². The molecule has 1 saturated heterocycles. The molecule has 172 valence electrons. The minimum atomic E-state index is -0.491. The molecule has 2 aliphatic rings. The highest BCUT2D eigenvalue weighted by Gasteiger charge is 2.40. The van der Waals surface area contributed by atoms with Crippen LogP contribution in [-0.2, 0) is 4.74 Å². The van der Waals surface area contributed by atoms with Crippen LogP contribution in [0, 0.1) is 17.7 Å². The van der Waals surface area contributed by atoms with E-state index in [-0.39, 0.29) is 11.9 Å². The van der Waals surface area contributed by atoms with Gasteiger partial charge in [0, 0.05) is 41.8 Å². The Hall–Kier alpha value is -3.35. The number of amides is 1. The first-order chi connectivity index (χ1) is 15.7. The highest BCUT2D eigenvalue weighted by molar-refractivity contribution is 5.96. The summed E-state index contributed by atoms with van der Waals surface area (Å²) in [4.78, 5) is 22.2. The Morgan fingerprint density at radius 2 is 2.00 bits per heavy atom. The van der Waals surface area contributed by atoms with Crippen LogP contribution in [0.4, 0.5) is 9.18 Å². The van der Waals surface area contributed by atoms with Gasteiger partial charge in [-0.1, -0.05) is 6.08 Å². The molecule has 0 bridgehead atoms. The second kappa shape index (κ2) is 7.90. The number of halogens is 1. The van der Waals surface area contributed by atoms with Gasteiger partial charge in [-0.15, -0.1) is 0 Å². The van der Waals surface area contributed by atoms with Gasteiger partial charge in [0.1, 0.15) is 22.8 Å². The molecule has 1 aliphatic carbocycles. The predicted octanol–water partition coefficient (Wildman–Crippen LogP) is 5.65. The molecule has 0 radical (unpaired) electrons. The molecule has 33 heavy (non-hydrogen) atoms. The monoisotopic (exact) mass is 449 g/mol. The molecule has 5 rings (SSSR count). The molecule has 7 heteroatoms. The Balaban J connectivity index is 1.42. The van der Waals surface area contributed by atoms with Crippen LogP contribution in [-0.4, -0.2) is 46.8 Å². The maximum absolute atomic E-state index is 14.0. The summed E-state index contributed by atoms with van der Waals surface area (Å²) >= 11 is 0. The van der Waals surface area contributed by atoms with E-state index in [0.29, 0.717) is 36.2 Å². The van der Waals surface area contributed by atoms with E-state index < -0.39 is 5.60 Å². The van der Waals surface area contributed by atoms with Crippen molar-refractivity contribution in [3.05, 3.63) is 54.1 Å². The van der Waals surface area contributed by atoms with Gasteiger partial charge in [-0.3, -0.25) is 0 Å². The van der Waals surface area contributed by atoms with Crippen molar-refractivity contribution in [3.63, 3.8) is 0 Å². The van der Waals surface area contributed by atoms with Crippen molar-refractivity contribution < 1.29 is 18.7 Å². The standard InChI is InChI=1S/C26H28FN3O3/c1-26(2,3)33-25(31)30-13-16-9-15(10-17(16)14-30)22-12-21-19(7-8-28-24(21)29-22)20-11-18(27)5-6-23(20)32-4/h5-9,11-12,16-17H,10,13-14H2,1-4H3,(H,28,29). The number of nitrogens with one attached hydrogen (secondary N) is 1. The molecule has 0 saturated carbocycles. The van der Waals surface area contributed by atoms with Gasteiger partial charge in [0.25, 0.3) is 0 Å². The summed E-state index contributed by atoms with van der Waals surface area (Å²) in [6, 6.07) is 8.49. The third kappa shape index (κ3) is 4.08. The van der Waals surface area contributed by atoms with Gasteiger partial charge in [-0.2, -0.15) is 0 Å². The quantitative estimate of drug-likeness (QED) is 0.561. The molecule has 6 nitrogen and oxygen atoms in total. The Bertz CT molecular complexity index is 1260. The molecular weight excluding hydrogens is 421 g/mol. The normalized spacial score (nSPS) is 20.2. The number of rotatable bonds is 3. The largest absolute Gasteiger partial charge is 0.496 e. The fourth-order valence-corrected chi connectivity index (χ4v) is 4.91. The fraction of sp³-hybridized carbons (Fsp3) is 0.385. The lowest BCUT2D eigenvalue weighted by Crippen LogP contribution is -2.35. The van der Waals surface area contributed by atoms with Gasteiger partial charge < -0.3 is 19.4 Å². The summed E-state index contributed by atoms with van der Waals surface area (Å²) < 4.78 is 25.0. The summed E-state index contributed by atoms with van der Waals surface area (Å²) in [5, 5.41) is 0.921. The Morgan fingerprint density at radius 3 is 2.73 bits per heavy atom. The number of carbonyl (C=O) groups is 1. The summed E-state index contributed by atoms with van der Waals surface area (Å²) in [6.07, 6.45) is 4.63. The molecule has 0 spiro atoms. The third-order valence-electron chi connectivity index (χ3n) is 6.37. The number of nitrogens with zero attached hydrogens (tertiary/aromatic N) is 2. The molecule has 2 atom stereocenters. The van der Waals surface area contributed by atoms with Crippen molar-refractivity contribution >= 4 is 22.7 Å². The van der Waals surface area contributed by atoms with Gasteiger partial charge in [-0.25, -0.2) is 14.2 Å². The van der Waals surface area contributed by atoms with Crippen LogP contribution >= 0.6 is 0 Å². The number of methoxy groups -OCH3 is 1. The first-order valence-electron chi connectivity index (χ1n) is 11.2. The van der Waals surface area contributed by atoms with E-state index in [9.17, 15) is 9.18 Å². The summed E-state index contributed by atoms with van der Waals surface area (Å²) in [5.41, 5.74) is 4.06. The maximum Gasteiger partial charge on any atom is 0.410 e. The summed E-state index contributed by atoms with van der Waals surface area (Å²) in [5.74, 6) is 1.00. The number of hydrogen-bond acceptors (Lipinski definition) is 4. The van der Waals surface area contributed by atoms with Gasteiger partial charge in [0.15, 0.2) is 0 Å². The zero-order valence-electron chi connectivity index (χ0n) is 19.3. The van der Waals surface area contributed by atoms with Crippen LogP contribution in [0.15, 0.2) is 42.6 Å². The SMILES string of the molecule is COc1ccc(F)cc1-c1ccnc2[nH]c(C3=CC4CN(C(=O)OC(C)(C)C)CC4C3)cc12. The molecular formula is C26H28FN3O3. The number of pyridine rings is 1. The minimum absolute atomic E-state index is 0.240. The molecule has 1 aromatic carbocycles. The smallest absolute Gasteiger partial charge is 0.410 e. The van der Waals surface area contributed by atoms with Gasteiger partial charge in [-0.05, 0) is 74.6 Å². The molecule has 3 aromatic rings. The molecule has 2 unspecified atom stereocenters. The lowest BCUT2D eigenvalue weighted by Gasteiger charge is -2.24. The number of carbonyl (C=O) groups excluding carboxylic acids is 1. The van der Waals surface area contributed by atoms with Crippen molar-refractivity contribution in [2.75, 3.05) is 20.2 Å². The van der Waals surface area contributed by atoms with Gasteiger partial charge >= 0.3 is 6.09 Å². The number of aromatic nitrogens is 2. The van der Waals surface area contributed by atoms with Crippen LogP contribution in [0.25, 0.3) is 27.7 Å². The molecule has 1 amide bonds. The molecule has 1 fully saturated rings. The molecule has 3 heterocycles. The zero-order chi connectivity index (χ0) is 23.3. The first kappa shape index (κ1) is 21.5. The van der Waals surface area contributed by atoms with E-state index in [4.69, 9.17) is 9.47 Å². The van der Waals surface area contributed by atoms with Crippen molar-refractivity contribution in [2.45, 2.75) is 32.8 Å². The number of fused-ring (bicyclic) bond motifs is 2. The second-order valence-corrected chi connectivity index (χ2v) is 9.85. The Kier molecular flexibility index (Phi) is 5.15. The number of allylic oxidation sites excluding steroid dienone is 1. The maximum atomic E-state index is 14.0. The number of benzene rings is 1. The van der Waals surface area contributed by atoms with Crippen molar-refractivity contribution in [2.24, 2.45) is 11.8 Å². The topological polar surface area (TPSA) is 67.5 Å². The van der Waals surface area contributed by atoms with E-state index >= 15 is 0 Å². The average molecular weight is 450 g/mol. The molecule has 1 aliphatic heterocycles. The highest BCUT2D eigenvalue weighted by atomic mass is 19.1. The number of H-pyrrole nitrogens is 1. The van der Waals surface area contributed by atoms with Crippen LogP contribution < -0.4 is 4.74 Å². The summed E-state index contributed by atoms with van der Waals surface area (Å²) in [7, 11) is 1.58. The number of ether oxygens (including phenoxy) is 2. The zero-order valence-corrected chi connectivity index (χ0v) is 19.3. The lowest BCUT2D eigenvalue weighted by atomic mass is 9.99. The van der Waals surface area contributed by atoms with Gasteiger partial charge in [0.05, 0.1) is 7.11 Å². The summed E-state index contributed by atoms with van der Waals surface area (Å²) in [6.45, 7) is 7.03. The third-order valence-corrected chi connectivity index (χ3v) is 6.37. The van der Waals surface area contributed by atoms with Crippen LogP contribution in [0.1, 0.15) is 32.9 Å². The van der Waals surface area contributed by atoms with E-state index in [1.54, 1.807) is 19.4 Å². The molecule has 2 aromatic heterocycles. The van der Waals surface area contributed by atoms with E-state index in [1.165, 1.54) is 17.7 Å². The average Bonchev–Trinajstić information content (AvgIpc) is 3.44.